The standard InChI is InChI=1S/C20H14F2N2O2Se/c1-24-16(11-15(23-24)18-6-3-9-26-18)19-7-8-20(27-19)17(25)10-12-13(21)4-2-5-14(12)22/h2-9,11H,10H2,1H3. The Morgan fingerprint density at radius 1 is 1.15 bits per heavy atom. The van der Waals surface area contributed by atoms with Crippen molar-refractivity contribution in [1.29, 1.82) is 0 Å². The van der Waals surface area contributed by atoms with E-state index in [1.54, 1.807) is 23.1 Å². The zero-order valence-corrected chi connectivity index (χ0v) is 16.0. The molecule has 0 amide bonds. The van der Waals surface area contributed by atoms with Crippen LogP contribution in [0.1, 0.15) is 14.8 Å². The predicted octanol–water partition coefficient (Wildman–Crippen LogP) is 4.11. The summed E-state index contributed by atoms with van der Waals surface area (Å²) in [6, 6.07) is 12.7. The minimum atomic E-state index is -0.697. The molecule has 0 bridgehead atoms. The van der Waals surface area contributed by atoms with Crippen LogP contribution >= 0.6 is 0 Å². The van der Waals surface area contributed by atoms with E-state index in [2.05, 4.69) is 5.10 Å². The SMILES string of the molecule is Cn1nc(-c2ccco2)cc1-c1ccc(C(=O)Cc2c(F)cccc2F)[se]1. The molecule has 0 spiro atoms. The molecule has 3 heterocycles. The number of nitrogens with zero attached hydrogens (tertiary/aromatic N) is 2. The van der Waals surface area contributed by atoms with Crippen molar-refractivity contribution in [2.45, 2.75) is 6.42 Å². The topological polar surface area (TPSA) is 48.0 Å². The molecule has 0 fully saturated rings. The van der Waals surface area contributed by atoms with E-state index in [9.17, 15) is 13.6 Å². The van der Waals surface area contributed by atoms with Gasteiger partial charge in [-0.05, 0) is 0 Å². The number of aromatic nitrogens is 2. The molecule has 7 heteroatoms. The van der Waals surface area contributed by atoms with Crippen LogP contribution in [0.2, 0.25) is 0 Å². The van der Waals surface area contributed by atoms with Crippen molar-refractivity contribution in [3.63, 3.8) is 0 Å². The van der Waals surface area contributed by atoms with Crippen molar-refractivity contribution < 1.29 is 18.0 Å². The van der Waals surface area contributed by atoms with Crippen LogP contribution in [0.4, 0.5) is 8.78 Å². The predicted molar refractivity (Wildman–Crippen MR) is 97.7 cm³/mol. The van der Waals surface area contributed by atoms with Crippen molar-refractivity contribution in [1.82, 2.24) is 9.78 Å². The molecule has 4 aromatic rings. The zero-order chi connectivity index (χ0) is 19.0. The first-order valence-corrected chi connectivity index (χ1v) is 9.88. The zero-order valence-electron chi connectivity index (χ0n) is 14.3. The molecule has 0 unspecified atom stereocenters. The third kappa shape index (κ3) is 3.44. The van der Waals surface area contributed by atoms with Crippen LogP contribution in [0.25, 0.3) is 21.6 Å². The van der Waals surface area contributed by atoms with Crippen molar-refractivity contribution in [2.75, 3.05) is 0 Å². The number of halogens is 2. The van der Waals surface area contributed by atoms with E-state index < -0.39 is 11.6 Å². The number of hydrogen-bond donors (Lipinski definition) is 0. The second-order valence-electron chi connectivity index (χ2n) is 5.98. The van der Waals surface area contributed by atoms with Gasteiger partial charge >= 0.3 is 160 Å². The van der Waals surface area contributed by atoms with Gasteiger partial charge in [0, 0.05) is 0 Å². The van der Waals surface area contributed by atoms with Gasteiger partial charge in [-0.15, -0.1) is 0 Å². The Labute approximate surface area is 159 Å². The normalized spacial score (nSPS) is 11.1. The summed E-state index contributed by atoms with van der Waals surface area (Å²) in [4.78, 5) is 12.5. The number of rotatable bonds is 5. The number of Topliss-reactive ketones (excluding diaryl/α,β-unsaturated/α-hetero) is 1. The molecule has 0 saturated carbocycles. The van der Waals surface area contributed by atoms with Gasteiger partial charge < -0.3 is 0 Å². The van der Waals surface area contributed by atoms with Crippen LogP contribution in [-0.2, 0) is 13.5 Å². The summed E-state index contributed by atoms with van der Waals surface area (Å²) in [5.74, 6) is -0.990. The molecule has 0 aliphatic heterocycles. The van der Waals surface area contributed by atoms with Crippen LogP contribution < -0.4 is 0 Å². The van der Waals surface area contributed by atoms with Crippen LogP contribution in [0.5, 0.6) is 0 Å². The van der Waals surface area contributed by atoms with Gasteiger partial charge in [0.25, 0.3) is 0 Å². The second-order valence-corrected chi connectivity index (χ2v) is 8.25. The van der Waals surface area contributed by atoms with Gasteiger partial charge in [0.05, 0.1) is 0 Å². The van der Waals surface area contributed by atoms with Crippen molar-refractivity contribution >= 4 is 20.3 Å². The number of furan rings is 1. The number of aryl methyl sites for hydroxylation is 1. The van der Waals surface area contributed by atoms with Gasteiger partial charge in [0.2, 0.25) is 0 Å². The first-order chi connectivity index (χ1) is 13.0. The Morgan fingerprint density at radius 3 is 2.63 bits per heavy atom. The molecule has 0 saturated heterocycles. The summed E-state index contributed by atoms with van der Waals surface area (Å²) in [7, 11) is 1.83. The number of hydrogen-bond acceptors (Lipinski definition) is 3. The van der Waals surface area contributed by atoms with Gasteiger partial charge in [0.15, 0.2) is 0 Å². The van der Waals surface area contributed by atoms with Gasteiger partial charge in [-0.3, -0.25) is 0 Å². The van der Waals surface area contributed by atoms with Gasteiger partial charge in [0.1, 0.15) is 0 Å². The molecular formula is C20H14F2N2O2Se. The molecular weight excluding hydrogens is 417 g/mol. The fraction of sp³-hybridized carbons (Fsp3) is 0.100. The van der Waals surface area contributed by atoms with Crippen molar-refractivity contribution in [2.24, 2.45) is 7.05 Å². The summed E-state index contributed by atoms with van der Waals surface area (Å²) in [5, 5.41) is 4.44. The second kappa shape index (κ2) is 7.10. The summed E-state index contributed by atoms with van der Waals surface area (Å²) < 4.78 is 36.3. The van der Waals surface area contributed by atoms with Crippen LogP contribution in [-0.4, -0.2) is 30.1 Å². The van der Waals surface area contributed by atoms with E-state index in [4.69, 9.17) is 4.42 Å². The average Bonchev–Trinajstić information content (AvgIpc) is 3.37. The summed E-state index contributed by atoms with van der Waals surface area (Å²) in [5.41, 5.74) is 1.41. The monoisotopic (exact) mass is 432 g/mol. The number of benzene rings is 1. The molecule has 4 nitrogen and oxygen atoms in total. The fourth-order valence-electron chi connectivity index (χ4n) is 2.82. The Morgan fingerprint density at radius 2 is 1.93 bits per heavy atom. The Kier molecular flexibility index (Phi) is 4.64. The summed E-state index contributed by atoms with van der Waals surface area (Å²) >= 11 is -0.257. The molecule has 136 valence electrons. The van der Waals surface area contributed by atoms with Gasteiger partial charge in [-0.1, -0.05) is 0 Å². The molecule has 0 atom stereocenters. The van der Waals surface area contributed by atoms with E-state index in [0.717, 1.165) is 22.3 Å². The van der Waals surface area contributed by atoms with E-state index in [-0.39, 0.29) is 32.3 Å². The molecule has 1 aromatic carbocycles. The maximum atomic E-state index is 13.8. The minimum absolute atomic E-state index is 0.187. The molecule has 0 radical (unpaired) electrons. The molecule has 3 aromatic heterocycles. The van der Waals surface area contributed by atoms with E-state index in [0.29, 0.717) is 15.9 Å². The van der Waals surface area contributed by atoms with Crippen LogP contribution in [0.15, 0.2) is 59.2 Å². The average molecular weight is 431 g/mol. The number of carbonyl (C=O) groups is 1. The van der Waals surface area contributed by atoms with Gasteiger partial charge in [-0.25, -0.2) is 0 Å². The Bertz CT molecular complexity index is 1090. The maximum absolute atomic E-state index is 13.8. The third-order valence-corrected chi connectivity index (χ3v) is 6.60. The third-order valence-electron chi connectivity index (χ3n) is 4.19. The van der Waals surface area contributed by atoms with E-state index in [1.807, 2.05) is 25.2 Å². The van der Waals surface area contributed by atoms with E-state index in [1.165, 1.54) is 6.07 Å². The molecule has 0 aliphatic rings. The van der Waals surface area contributed by atoms with Crippen molar-refractivity contribution in [3.8, 4) is 21.6 Å². The van der Waals surface area contributed by atoms with E-state index >= 15 is 0 Å². The fourth-order valence-corrected chi connectivity index (χ4v) is 4.90. The van der Waals surface area contributed by atoms with Crippen LogP contribution in [0, 0.1) is 11.6 Å². The quantitative estimate of drug-likeness (QED) is 0.353. The summed E-state index contributed by atoms with van der Waals surface area (Å²) in [6.45, 7) is 0. The molecule has 4 rings (SSSR count). The summed E-state index contributed by atoms with van der Waals surface area (Å²) in [6.07, 6.45) is 1.30. The number of ketones is 1. The Hall–Kier alpha value is -2.76. The van der Waals surface area contributed by atoms with Crippen LogP contribution in [0.3, 0.4) is 0 Å². The first kappa shape index (κ1) is 17.6. The molecule has 0 aliphatic carbocycles. The number of carbonyl (C=O) groups excluding carboxylic acids is 1. The van der Waals surface area contributed by atoms with Crippen molar-refractivity contribution in [3.05, 3.63) is 76.4 Å². The first-order valence-electron chi connectivity index (χ1n) is 8.17. The molecule has 27 heavy (non-hydrogen) atoms. The van der Waals surface area contributed by atoms with Gasteiger partial charge in [-0.2, -0.15) is 0 Å². The Balaban J connectivity index is 1.60. The molecule has 0 N–H and O–H groups in total.